The van der Waals surface area contributed by atoms with Gasteiger partial charge in [-0.05, 0) is 18.4 Å². The van der Waals surface area contributed by atoms with Gasteiger partial charge in [-0.1, -0.05) is 11.6 Å². The Hall–Kier alpha value is -0.0900. The van der Waals surface area contributed by atoms with E-state index in [-0.39, 0.29) is 6.10 Å². The highest BCUT2D eigenvalue weighted by Crippen LogP contribution is 2.29. The summed E-state index contributed by atoms with van der Waals surface area (Å²) < 4.78 is 0. The van der Waals surface area contributed by atoms with Gasteiger partial charge < -0.3 is 0 Å². The first-order chi connectivity index (χ1) is 4.75. The lowest BCUT2D eigenvalue weighted by atomic mass is 10.3. The third kappa shape index (κ3) is 1.49. The third-order valence-corrected chi connectivity index (χ3v) is 2.74. The van der Waals surface area contributed by atoms with Crippen molar-refractivity contribution in [3.63, 3.8) is 0 Å². The fourth-order valence-corrected chi connectivity index (χ4v) is 1.86. The fraction of sp³-hybridized carbons (Fsp3) is 0.333. The van der Waals surface area contributed by atoms with Gasteiger partial charge in [0.1, 0.15) is 6.10 Å². The van der Waals surface area contributed by atoms with E-state index < -0.39 is 0 Å². The van der Waals surface area contributed by atoms with Gasteiger partial charge in [0.05, 0.1) is 9.90 Å². The molecule has 0 spiro atoms. The predicted octanol–water partition coefficient (Wildman–Crippen LogP) is 2.35. The van der Waals surface area contributed by atoms with Gasteiger partial charge in [0.25, 0.3) is 0 Å². The molecule has 0 aliphatic heterocycles. The topological polar surface area (TPSA) is 35.2 Å². The molecule has 56 valence electrons. The molecule has 0 amide bonds. The summed E-state index contributed by atoms with van der Waals surface area (Å²) in [6.45, 7) is 1.86. The standard InChI is InChI=1S/C6H8ClNOS/c1-4(9-8)6-5(7)2-3-10-6/h2-4H,8H2,1H3. The second kappa shape index (κ2) is 3.34. The van der Waals surface area contributed by atoms with Crippen LogP contribution in [-0.4, -0.2) is 0 Å². The average molecular weight is 178 g/mol. The van der Waals surface area contributed by atoms with E-state index in [4.69, 9.17) is 17.5 Å². The van der Waals surface area contributed by atoms with Crippen LogP contribution in [0.4, 0.5) is 0 Å². The number of halogens is 1. The highest BCUT2D eigenvalue weighted by molar-refractivity contribution is 7.10. The Balaban J connectivity index is 2.82. The lowest BCUT2D eigenvalue weighted by Gasteiger charge is -2.04. The van der Waals surface area contributed by atoms with Crippen molar-refractivity contribution in [2.75, 3.05) is 0 Å². The summed E-state index contributed by atoms with van der Waals surface area (Å²) in [7, 11) is 0. The Morgan fingerprint density at radius 1 is 1.80 bits per heavy atom. The average Bonchev–Trinajstić information content (AvgIpc) is 2.34. The van der Waals surface area contributed by atoms with Crippen LogP contribution in [0.15, 0.2) is 11.4 Å². The molecule has 0 radical (unpaired) electrons. The summed E-state index contributed by atoms with van der Waals surface area (Å²) in [6, 6.07) is 1.83. The van der Waals surface area contributed by atoms with Crippen molar-refractivity contribution in [1.82, 2.24) is 0 Å². The second-order valence-corrected chi connectivity index (χ2v) is 3.27. The van der Waals surface area contributed by atoms with Crippen molar-refractivity contribution in [3.8, 4) is 0 Å². The molecule has 2 N–H and O–H groups in total. The maximum Gasteiger partial charge on any atom is 0.111 e. The van der Waals surface area contributed by atoms with Crippen LogP contribution in [0.25, 0.3) is 0 Å². The van der Waals surface area contributed by atoms with Crippen LogP contribution >= 0.6 is 22.9 Å². The maximum absolute atomic E-state index is 5.79. The van der Waals surface area contributed by atoms with Gasteiger partial charge in [0, 0.05) is 0 Å². The molecule has 2 nitrogen and oxygen atoms in total. The lowest BCUT2D eigenvalue weighted by molar-refractivity contribution is 0.0689. The molecule has 1 rings (SSSR count). The van der Waals surface area contributed by atoms with Crippen LogP contribution < -0.4 is 5.90 Å². The van der Waals surface area contributed by atoms with E-state index in [1.807, 2.05) is 18.4 Å². The third-order valence-electron chi connectivity index (χ3n) is 1.22. The first kappa shape index (κ1) is 8.01. The van der Waals surface area contributed by atoms with Crippen LogP contribution in [0.5, 0.6) is 0 Å². The first-order valence-electron chi connectivity index (χ1n) is 2.84. The van der Waals surface area contributed by atoms with E-state index in [1.165, 1.54) is 0 Å². The Morgan fingerprint density at radius 3 is 2.90 bits per heavy atom. The van der Waals surface area contributed by atoms with Crippen molar-refractivity contribution in [3.05, 3.63) is 21.3 Å². The number of hydrogen-bond donors (Lipinski definition) is 1. The number of rotatable bonds is 2. The molecule has 0 aliphatic carbocycles. The molecule has 0 fully saturated rings. The Labute approximate surface area is 68.5 Å². The fourth-order valence-electron chi connectivity index (χ4n) is 0.657. The molecule has 1 heterocycles. The van der Waals surface area contributed by atoms with Gasteiger partial charge in [-0.3, -0.25) is 4.84 Å². The molecule has 10 heavy (non-hydrogen) atoms. The molecule has 0 aromatic carbocycles. The summed E-state index contributed by atoms with van der Waals surface area (Å²) in [4.78, 5) is 5.58. The monoisotopic (exact) mass is 177 g/mol. The number of hydrogen-bond acceptors (Lipinski definition) is 3. The summed E-state index contributed by atoms with van der Waals surface area (Å²) in [5.74, 6) is 4.98. The molecule has 0 saturated heterocycles. The quantitative estimate of drug-likeness (QED) is 0.704. The summed E-state index contributed by atoms with van der Waals surface area (Å²) in [5.41, 5.74) is 0. The zero-order chi connectivity index (χ0) is 7.56. The molecule has 1 unspecified atom stereocenters. The van der Waals surface area contributed by atoms with Crippen LogP contribution in [-0.2, 0) is 4.84 Å². The minimum atomic E-state index is -0.104. The minimum absolute atomic E-state index is 0.104. The molecular weight excluding hydrogens is 170 g/mol. The van der Waals surface area contributed by atoms with E-state index in [9.17, 15) is 0 Å². The normalized spacial score (nSPS) is 13.5. The molecular formula is C6H8ClNOS. The van der Waals surface area contributed by atoms with E-state index in [0.717, 1.165) is 9.90 Å². The molecule has 0 aliphatic rings. The van der Waals surface area contributed by atoms with Crippen molar-refractivity contribution >= 4 is 22.9 Å². The zero-order valence-electron chi connectivity index (χ0n) is 5.50. The van der Waals surface area contributed by atoms with Gasteiger partial charge in [-0.25, -0.2) is 5.90 Å². The van der Waals surface area contributed by atoms with Gasteiger partial charge in [-0.2, -0.15) is 0 Å². The van der Waals surface area contributed by atoms with Gasteiger partial charge in [0.15, 0.2) is 0 Å². The second-order valence-electron chi connectivity index (χ2n) is 1.91. The Morgan fingerprint density at radius 2 is 2.50 bits per heavy atom. The van der Waals surface area contributed by atoms with E-state index >= 15 is 0 Å². The van der Waals surface area contributed by atoms with E-state index in [2.05, 4.69) is 4.84 Å². The maximum atomic E-state index is 5.79. The highest BCUT2D eigenvalue weighted by Gasteiger charge is 2.09. The predicted molar refractivity (Wildman–Crippen MR) is 43.0 cm³/mol. The van der Waals surface area contributed by atoms with Crippen molar-refractivity contribution in [2.45, 2.75) is 13.0 Å². The van der Waals surface area contributed by atoms with E-state index in [1.54, 1.807) is 11.3 Å². The smallest absolute Gasteiger partial charge is 0.111 e. The van der Waals surface area contributed by atoms with Gasteiger partial charge in [0.2, 0.25) is 0 Å². The summed E-state index contributed by atoms with van der Waals surface area (Å²) in [5, 5.41) is 2.63. The Kier molecular flexibility index (Phi) is 2.68. The molecule has 1 aromatic rings. The van der Waals surface area contributed by atoms with Crippen molar-refractivity contribution in [2.24, 2.45) is 5.90 Å². The largest absolute Gasteiger partial charge is 0.296 e. The molecule has 4 heteroatoms. The molecule has 0 bridgehead atoms. The van der Waals surface area contributed by atoms with E-state index in [0.29, 0.717) is 0 Å². The minimum Gasteiger partial charge on any atom is -0.296 e. The zero-order valence-corrected chi connectivity index (χ0v) is 7.08. The molecule has 1 atom stereocenters. The van der Waals surface area contributed by atoms with Crippen LogP contribution in [0.3, 0.4) is 0 Å². The van der Waals surface area contributed by atoms with Crippen molar-refractivity contribution in [1.29, 1.82) is 0 Å². The number of nitrogens with two attached hydrogens (primary N) is 1. The molecule has 1 aromatic heterocycles. The van der Waals surface area contributed by atoms with Crippen LogP contribution in [0.2, 0.25) is 5.02 Å². The summed E-state index contributed by atoms with van der Waals surface area (Å²) >= 11 is 7.33. The van der Waals surface area contributed by atoms with Crippen LogP contribution in [0.1, 0.15) is 17.9 Å². The van der Waals surface area contributed by atoms with Gasteiger partial charge >= 0.3 is 0 Å². The van der Waals surface area contributed by atoms with Gasteiger partial charge in [-0.15, -0.1) is 11.3 Å². The van der Waals surface area contributed by atoms with Crippen molar-refractivity contribution < 1.29 is 4.84 Å². The highest BCUT2D eigenvalue weighted by atomic mass is 35.5. The first-order valence-corrected chi connectivity index (χ1v) is 4.10. The van der Waals surface area contributed by atoms with Crippen LogP contribution in [0, 0.1) is 0 Å². The summed E-state index contributed by atoms with van der Waals surface area (Å²) in [6.07, 6.45) is -0.104. The number of thiophene rings is 1. The Bertz CT molecular complexity index is 213. The SMILES string of the molecule is CC(ON)c1sccc1Cl. The lowest BCUT2D eigenvalue weighted by Crippen LogP contribution is -2.03. The molecule has 0 saturated carbocycles.